The molecule has 0 bridgehead atoms. The minimum atomic E-state index is -4.55. The summed E-state index contributed by atoms with van der Waals surface area (Å²) in [5, 5.41) is 2.42. The highest BCUT2D eigenvalue weighted by Gasteiger charge is 2.34. The lowest BCUT2D eigenvalue weighted by Crippen LogP contribution is -2.36. The van der Waals surface area contributed by atoms with Gasteiger partial charge in [0.25, 0.3) is 0 Å². The number of carbonyl (C=O) groups excluding carboxylic acids is 2. The van der Waals surface area contributed by atoms with E-state index in [0.717, 1.165) is 31.4 Å². The number of benzene rings is 1. The second-order valence-corrected chi connectivity index (χ2v) is 4.52. The van der Waals surface area contributed by atoms with Crippen molar-refractivity contribution < 1.29 is 27.5 Å². The zero-order valence-corrected chi connectivity index (χ0v) is 12.7. The van der Waals surface area contributed by atoms with Crippen LogP contribution >= 0.6 is 0 Å². The summed E-state index contributed by atoms with van der Waals surface area (Å²) >= 11 is 0. The molecule has 1 aromatic rings. The predicted molar refractivity (Wildman–Crippen MR) is 79.1 cm³/mol. The number of likely N-dealkylation sites (N-methyl/N-ethyl adjacent to an activating group) is 1. The van der Waals surface area contributed by atoms with E-state index in [-0.39, 0.29) is 12.2 Å². The van der Waals surface area contributed by atoms with Gasteiger partial charge in [0.15, 0.2) is 0 Å². The summed E-state index contributed by atoms with van der Waals surface area (Å²) in [6, 6.07) is 3.02. The number of carbonyl (C=O) groups is 2. The molecule has 0 atom stereocenters. The zero-order valence-electron chi connectivity index (χ0n) is 12.7. The van der Waals surface area contributed by atoms with E-state index in [1.807, 2.05) is 0 Å². The van der Waals surface area contributed by atoms with Crippen molar-refractivity contribution in [2.75, 3.05) is 25.5 Å². The van der Waals surface area contributed by atoms with Gasteiger partial charge in [-0.25, -0.2) is 0 Å². The molecule has 1 rings (SSSR count). The predicted octanol–water partition coefficient (Wildman–Crippen LogP) is 2.69. The first-order valence-corrected chi connectivity index (χ1v) is 6.69. The molecule has 0 aliphatic carbocycles. The van der Waals surface area contributed by atoms with Crippen molar-refractivity contribution in [1.29, 1.82) is 0 Å². The third-order valence-electron chi connectivity index (χ3n) is 2.99. The minimum absolute atomic E-state index is 0.141. The Kier molecular flexibility index (Phi) is 6.18. The lowest BCUT2D eigenvalue weighted by atomic mass is 10.1. The van der Waals surface area contributed by atoms with E-state index in [1.165, 1.54) is 4.90 Å². The fourth-order valence-corrected chi connectivity index (χ4v) is 1.85. The molecule has 0 unspecified atom stereocenters. The molecule has 23 heavy (non-hydrogen) atoms. The van der Waals surface area contributed by atoms with E-state index in [2.05, 4.69) is 11.9 Å². The smallest absolute Gasteiger partial charge is 0.419 e. The number of nitrogens with one attached hydrogen (secondary N) is 1. The molecule has 0 radical (unpaired) electrons. The Hall–Kier alpha value is -2.51. The van der Waals surface area contributed by atoms with Crippen molar-refractivity contribution in [3.8, 4) is 5.75 Å². The van der Waals surface area contributed by atoms with Crippen molar-refractivity contribution in [3.05, 3.63) is 36.4 Å². The molecule has 5 nitrogen and oxygen atoms in total. The standard InChI is InChI=1S/C15H17F3N2O3/c1-4-14(22)20(5-2)9-13(21)19-10-6-7-11(15(16,17)18)12(8-10)23-3/h4,6-8H,1,5,9H2,2-3H3,(H,19,21). The number of methoxy groups -OCH3 is 1. The van der Waals surface area contributed by atoms with Crippen LogP contribution < -0.4 is 10.1 Å². The number of nitrogens with zero attached hydrogens (tertiary/aromatic N) is 1. The average molecular weight is 330 g/mol. The van der Waals surface area contributed by atoms with Crippen LogP contribution in [-0.4, -0.2) is 36.9 Å². The summed E-state index contributed by atoms with van der Waals surface area (Å²) in [4.78, 5) is 24.6. The van der Waals surface area contributed by atoms with Crippen LogP contribution in [-0.2, 0) is 15.8 Å². The lowest BCUT2D eigenvalue weighted by Gasteiger charge is -2.19. The fraction of sp³-hybridized carbons (Fsp3) is 0.333. The number of rotatable bonds is 6. The summed E-state index contributed by atoms with van der Waals surface area (Å²) in [6.45, 7) is 5.09. The maximum atomic E-state index is 12.8. The summed E-state index contributed by atoms with van der Waals surface area (Å²) in [5.74, 6) is -1.35. The van der Waals surface area contributed by atoms with Gasteiger partial charge in [-0.1, -0.05) is 6.58 Å². The number of halogens is 3. The van der Waals surface area contributed by atoms with Gasteiger partial charge in [0.2, 0.25) is 11.8 Å². The Morgan fingerprint density at radius 2 is 2.04 bits per heavy atom. The van der Waals surface area contributed by atoms with Crippen LogP contribution in [0.4, 0.5) is 18.9 Å². The molecule has 0 aliphatic rings. The van der Waals surface area contributed by atoms with Crippen LogP contribution in [0.3, 0.4) is 0 Å². The normalized spacial score (nSPS) is 10.8. The van der Waals surface area contributed by atoms with E-state index in [1.54, 1.807) is 6.92 Å². The molecule has 2 amide bonds. The van der Waals surface area contributed by atoms with E-state index in [9.17, 15) is 22.8 Å². The highest BCUT2D eigenvalue weighted by molar-refractivity contribution is 5.96. The molecule has 0 saturated heterocycles. The molecule has 0 heterocycles. The van der Waals surface area contributed by atoms with Gasteiger partial charge in [0, 0.05) is 18.3 Å². The largest absolute Gasteiger partial charge is 0.496 e. The van der Waals surface area contributed by atoms with E-state index in [0.29, 0.717) is 6.54 Å². The van der Waals surface area contributed by atoms with Crippen LogP contribution in [0.25, 0.3) is 0 Å². The third kappa shape index (κ3) is 5.01. The average Bonchev–Trinajstić information content (AvgIpc) is 2.50. The number of hydrogen-bond acceptors (Lipinski definition) is 3. The Balaban J connectivity index is 2.87. The Labute approximate surface area is 131 Å². The molecule has 0 aliphatic heterocycles. The van der Waals surface area contributed by atoms with Crippen LogP contribution in [0.15, 0.2) is 30.9 Å². The van der Waals surface area contributed by atoms with E-state index < -0.39 is 29.3 Å². The van der Waals surface area contributed by atoms with Crippen molar-refractivity contribution in [3.63, 3.8) is 0 Å². The minimum Gasteiger partial charge on any atom is -0.496 e. The Bertz CT molecular complexity index is 600. The van der Waals surface area contributed by atoms with E-state index >= 15 is 0 Å². The molecule has 1 aromatic carbocycles. The first-order valence-electron chi connectivity index (χ1n) is 6.69. The summed E-state index contributed by atoms with van der Waals surface area (Å²) in [7, 11) is 1.11. The topological polar surface area (TPSA) is 58.6 Å². The molecule has 0 spiro atoms. The quantitative estimate of drug-likeness (QED) is 0.816. The lowest BCUT2D eigenvalue weighted by molar-refractivity contribution is -0.138. The molecular weight excluding hydrogens is 313 g/mol. The van der Waals surface area contributed by atoms with Gasteiger partial charge in [0.1, 0.15) is 12.3 Å². The molecule has 0 saturated carbocycles. The van der Waals surface area contributed by atoms with Crippen molar-refractivity contribution in [2.24, 2.45) is 0 Å². The number of anilines is 1. The van der Waals surface area contributed by atoms with Crippen LogP contribution in [0.1, 0.15) is 12.5 Å². The van der Waals surface area contributed by atoms with Gasteiger partial charge >= 0.3 is 6.18 Å². The van der Waals surface area contributed by atoms with Crippen molar-refractivity contribution >= 4 is 17.5 Å². The molecule has 126 valence electrons. The van der Waals surface area contributed by atoms with E-state index in [4.69, 9.17) is 4.74 Å². The highest BCUT2D eigenvalue weighted by Crippen LogP contribution is 2.37. The third-order valence-corrected chi connectivity index (χ3v) is 2.99. The monoisotopic (exact) mass is 330 g/mol. The number of hydrogen-bond donors (Lipinski definition) is 1. The van der Waals surface area contributed by atoms with Crippen LogP contribution in [0, 0.1) is 0 Å². The second kappa shape index (κ2) is 7.66. The number of amides is 2. The number of ether oxygens (including phenoxy) is 1. The van der Waals surface area contributed by atoms with Crippen LogP contribution in [0.5, 0.6) is 5.75 Å². The van der Waals surface area contributed by atoms with Gasteiger partial charge in [-0.2, -0.15) is 13.2 Å². The SMILES string of the molecule is C=CC(=O)N(CC)CC(=O)Nc1ccc(C(F)(F)F)c(OC)c1. The first-order chi connectivity index (χ1) is 10.7. The molecule has 1 N–H and O–H groups in total. The molecule has 0 aromatic heterocycles. The van der Waals surface area contributed by atoms with Gasteiger partial charge in [0.05, 0.1) is 12.7 Å². The van der Waals surface area contributed by atoms with Crippen molar-refractivity contribution in [2.45, 2.75) is 13.1 Å². The van der Waals surface area contributed by atoms with Gasteiger partial charge in [-0.3, -0.25) is 9.59 Å². The molecular formula is C15H17F3N2O3. The summed E-state index contributed by atoms with van der Waals surface area (Å²) in [6.07, 6.45) is -3.47. The first kappa shape index (κ1) is 18.5. The molecule has 8 heteroatoms. The Morgan fingerprint density at radius 3 is 2.52 bits per heavy atom. The zero-order chi connectivity index (χ0) is 17.6. The highest BCUT2D eigenvalue weighted by atomic mass is 19.4. The molecule has 0 fully saturated rings. The maximum absolute atomic E-state index is 12.8. The maximum Gasteiger partial charge on any atom is 0.419 e. The summed E-state index contributed by atoms with van der Waals surface area (Å²) in [5.41, 5.74) is -0.794. The van der Waals surface area contributed by atoms with Gasteiger partial charge in [-0.05, 0) is 25.1 Å². The van der Waals surface area contributed by atoms with Gasteiger partial charge < -0.3 is 15.0 Å². The van der Waals surface area contributed by atoms with Gasteiger partial charge in [-0.15, -0.1) is 0 Å². The second-order valence-electron chi connectivity index (χ2n) is 4.52. The number of alkyl halides is 3. The van der Waals surface area contributed by atoms with Crippen LogP contribution in [0.2, 0.25) is 0 Å². The summed E-state index contributed by atoms with van der Waals surface area (Å²) < 4.78 is 43.0. The Morgan fingerprint density at radius 1 is 1.39 bits per heavy atom. The fourth-order valence-electron chi connectivity index (χ4n) is 1.85. The van der Waals surface area contributed by atoms with Crippen molar-refractivity contribution in [1.82, 2.24) is 4.90 Å².